The van der Waals surface area contributed by atoms with Gasteiger partial charge in [-0.1, -0.05) is 30.3 Å². The van der Waals surface area contributed by atoms with Crippen molar-refractivity contribution < 1.29 is 9.53 Å². The van der Waals surface area contributed by atoms with Gasteiger partial charge in [0.15, 0.2) is 0 Å². The molecule has 0 aliphatic carbocycles. The Hall–Kier alpha value is -3.29. The molecule has 3 heterocycles. The third-order valence-corrected chi connectivity index (χ3v) is 6.71. The fourth-order valence-corrected chi connectivity index (χ4v) is 5.17. The second-order valence-corrected chi connectivity index (χ2v) is 8.57. The molecule has 2 aromatic carbocycles. The first kappa shape index (κ1) is 19.7. The third kappa shape index (κ3) is 3.66. The van der Waals surface area contributed by atoms with Gasteiger partial charge in [0.25, 0.3) is 5.56 Å². The van der Waals surface area contributed by atoms with Gasteiger partial charge in [-0.3, -0.25) is 9.69 Å². The minimum atomic E-state index is -0.448. The number of esters is 1. The first-order valence-corrected chi connectivity index (χ1v) is 11.0. The van der Waals surface area contributed by atoms with E-state index in [-0.39, 0.29) is 11.6 Å². The number of methoxy groups -OCH3 is 1. The van der Waals surface area contributed by atoms with Crippen LogP contribution in [0, 0.1) is 0 Å². The summed E-state index contributed by atoms with van der Waals surface area (Å²) in [6, 6.07) is 17.5. The topological polar surface area (TPSA) is 75.3 Å². The van der Waals surface area contributed by atoms with Crippen LogP contribution in [0.3, 0.4) is 0 Å². The number of aromatic nitrogens is 2. The molecule has 2 aromatic heterocycles. The van der Waals surface area contributed by atoms with Gasteiger partial charge in [-0.05, 0) is 47.2 Å². The Labute approximate surface area is 183 Å². The molecular weight excluding hydrogens is 410 g/mol. The van der Waals surface area contributed by atoms with E-state index < -0.39 is 5.97 Å². The van der Waals surface area contributed by atoms with Crippen LogP contribution < -0.4 is 5.56 Å². The highest BCUT2D eigenvalue weighted by molar-refractivity contribution is 7.10. The monoisotopic (exact) mass is 431 g/mol. The summed E-state index contributed by atoms with van der Waals surface area (Å²) in [5, 5.41) is 2.60. The Kier molecular flexibility index (Phi) is 5.13. The lowest BCUT2D eigenvalue weighted by molar-refractivity contribution is 0.0601. The van der Waals surface area contributed by atoms with Gasteiger partial charge in [-0.25, -0.2) is 9.78 Å². The Morgan fingerprint density at radius 1 is 1.23 bits per heavy atom. The molecule has 4 aromatic rings. The van der Waals surface area contributed by atoms with Crippen LogP contribution >= 0.6 is 11.3 Å². The first-order valence-electron chi connectivity index (χ1n) is 10.1. The predicted octanol–water partition coefficient (Wildman–Crippen LogP) is 3.92. The van der Waals surface area contributed by atoms with Gasteiger partial charge >= 0.3 is 5.97 Å². The van der Waals surface area contributed by atoms with Gasteiger partial charge in [0, 0.05) is 11.4 Å². The third-order valence-electron chi connectivity index (χ3n) is 5.71. The summed E-state index contributed by atoms with van der Waals surface area (Å²) in [6.07, 6.45) is 0.973. The van der Waals surface area contributed by atoms with Crippen LogP contribution in [-0.4, -0.2) is 34.5 Å². The second kappa shape index (κ2) is 8.09. The van der Waals surface area contributed by atoms with E-state index in [9.17, 15) is 9.59 Å². The molecule has 0 bridgehead atoms. The van der Waals surface area contributed by atoms with Crippen LogP contribution in [0.1, 0.15) is 38.2 Å². The number of hydrogen-bond acceptors (Lipinski definition) is 6. The number of nitrogens with zero attached hydrogens (tertiary/aromatic N) is 2. The summed E-state index contributed by atoms with van der Waals surface area (Å²) in [4.78, 5) is 35.9. The van der Waals surface area contributed by atoms with Gasteiger partial charge in [-0.2, -0.15) is 0 Å². The quantitative estimate of drug-likeness (QED) is 0.496. The van der Waals surface area contributed by atoms with Gasteiger partial charge in [-0.15, -0.1) is 11.3 Å². The van der Waals surface area contributed by atoms with E-state index in [1.807, 2.05) is 6.07 Å². The molecule has 0 saturated heterocycles. The predicted molar refractivity (Wildman–Crippen MR) is 120 cm³/mol. The average molecular weight is 432 g/mol. The standard InChI is InChI=1S/C24H21N3O3S/c1-30-24(29)16-7-8-17-19(13-16)25-21(26-23(17)28)14-27-11-9-20-18(10-12-31-20)22(27)15-5-3-2-4-6-15/h2-8,10,12-13,22H,9,11,14H2,1H3,(H,25,26,28)/t22-/m0/s1. The lowest BCUT2D eigenvalue weighted by Crippen LogP contribution is -2.36. The number of H-pyrrole nitrogens is 1. The Bertz CT molecular complexity index is 1310. The second-order valence-electron chi connectivity index (χ2n) is 7.57. The molecule has 6 nitrogen and oxygen atoms in total. The van der Waals surface area contributed by atoms with Crippen molar-refractivity contribution in [1.29, 1.82) is 0 Å². The Balaban J connectivity index is 1.53. The number of benzene rings is 2. The number of fused-ring (bicyclic) bond motifs is 2. The normalized spacial score (nSPS) is 16.2. The van der Waals surface area contributed by atoms with Crippen LogP contribution in [0.5, 0.6) is 0 Å². The van der Waals surface area contributed by atoms with Crippen molar-refractivity contribution in [1.82, 2.24) is 14.9 Å². The summed E-state index contributed by atoms with van der Waals surface area (Å²) in [5.74, 6) is 0.134. The number of ether oxygens (including phenoxy) is 1. The number of nitrogens with one attached hydrogen (secondary N) is 1. The maximum absolute atomic E-state index is 12.7. The summed E-state index contributed by atoms with van der Waals surface area (Å²) in [6.45, 7) is 1.37. The van der Waals surface area contributed by atoms with E-state index in [4.69, 9.17) is 4.74 Å². The van der Waals surface area contributed by atoms with Gasteiger partial charge < -0.3 is 9.72 Å². The highest BCUT2D eigenvalue weighted by Crippen LogP contribution is 2.38. The highest BCUT2D eigenvalue weighted by atomic mass is 32.1. The van der Waals surface area contributed by atoms with E-state index >= 15 is 0 Å². The highest BCUT2D eigenvalue weighted by Gasteiger charge is 2.30. The maximum atomic E-state index is 12.7. The van der Waals surface area contributed by atoms with Crippen LogP contribution in [0.15, 0.2) is 64.8 Å². The molecule has 156 valence electrons. The van der Waals surface area contributed by atoms with Crippen molar-refractivity contribution in [2.45, 2.75) is 19.0 Å². The molecule has 0 unspecified atom stereocenters. The molecule has 1 aliphatic heterocycles. The molecule has 1 aliphatic rings. The number of aromatic amines is 1. The van der Waals surface area contributed by atoms with Crippen molar-refractivity contribution in [3.8, 4) is 0 Å². The minimum absolute atomic E-state index is 0.110. The summed E-state index contributed by atoms with van der Waals surface area (Å²) >= 11 is 1.80. The summed E-state index contributed by atoms with van der Waals surface area (Å²) in [5.41, 5.74) is 3.20. The number of hydrogen-bond donors (Lipinski definition) is 1. The smallest absolute Gasteiger partial charge is 0.337 e. The zero-order valence-corrected chi connectivity index (χ0v) is 17.8. The maximum Gasteiger partial charge on any atom is 0.337 e. The van der Waals surface area contributed by atoms with Gasteiger partial charge in [0.1, 0.15) is 5.82 Å². The van der Waals surface area contributed by atoms with Crippen LogP contribution in [0.25, 0.3) is 10.9 Å². The number of carbonyl (C=O) groups is 1. The van der Waals surface area contributed by atoms with Crippen LogP contribution in [0.4, 0.5) is 0 Å². The number of thiophene rings is 1. The van der Waals surface area contributed by atoms with Gasteiger partial charge in [0.2, 0.25) is 0 Å². The molecule has 0 amide bonds. The Morgan fingerprint density at radius 3 is 2.87 bits per heavy atom. The van der Waals surface area contributed by atoms with Crippen molar-refractivity contribution in [2.24, 2.45) is 0 Å². The molecule has 7 heteroatoms. The zero-order chi connectivity index (χ0) is 21.4. The van der Waals surface area contributed by atoms with Crippen LogP contribution in [0.2, 0.25) is 0 Å². The summed E-state index contributed by atoms with van der Waals surface area (Å²) < 4.78 is 4.80. The molecule has 0 radical (unpaired) electrons. The molecule has 1 atom stereocenters. The molecule has 0 spiro atoms. The van der Waals surface area contributed by atoms with Gasteiger partial charge in [0.05, 0.1) is 36.2 Å². The SMILES string of the molecule is COC(=O)c1ccc2c(=O)[nH]c(CN3CCc4sccc4[C@@H]3c3ccccc3)nc2c1. The van der Waals surface area contributed by atoms with Crippen LogP contribution in [-0.2, 0) is 17.7 Å². The van der Waals surface area contributed by atoms with Crippen molar-refractivity contribution in [3.05, 3.63) is 97.7 Å². The van der Waals surface area contributed by atoms with Crippen molar-refractivity contribution in [2.75, 3.05) is 13.7 Å². The molecule has 31 heavy (non-hydrogen) atoms. The van der Waals surface area contributed by atoms with E-state index in [0.717, 1.165) is 13.0 Å². The van der Waals surface area contributed by atoms with E-state index in [1.54, 1.807) is 29.5 Å². The largest absolute Gasteiger partial charge is 0.465 e. The van der Waals surface area contributed by atoms with Crippen molar-refractivity contribution in [3.63, 3.8) is 0 Å². The molecular formula is C24H21N3O3S. The molecule has 5 rings (SSSR count). The molecule has 0 fully saturated rings. The van der Waals surface area contributed by atoms with E-state index in [1.165, 1.54) is 23.1 Å². The lowest BCUT2D eigenvalue weighted by Gasteiger charge is -2.36. The van der Waals surface area contributed by atoms with Crippen molar-refractivity contribution >= 4 is 28.2 Å². The fraction of sp³-hybridized carbons (Fsp3) is 0.208. The molecule has 1 N–H and O–H groups in total. The fourth-order valence-electron chi connectivity index (χ4n) is 4.26. The minimum Gasteiger partial charge on any atom is -0.465 e. The van der Waals surface area contributed by atoms with E-state index in [0.29, 0.717) is 28.8 Å². The van der Waals surface area contributed by atoms with E-state index in [2.05, 4.69) is 50.6 Å². The zero-order valence-electron chi connectivity index (χ0n) is 17.0. The lowest BCUT2D eigenvalue weighted by atomic mass is 9.93. The number of carbonyl (C=O) groups excluding carboxylic acids is 1. The number of rotatable bonds is 4. The summed E-state index contributed by atoms with van der Waals surface area (Å²) in [7, 11) is 1.34. The Morgan fingerprint density at radius 2 is 2.06 bits per heavy atom. The average Bonchev–Trinajstić information content (AvgIpc) is 3.27. The first-order chi connectivity index (χ1) is 15.1. The molecule has 0 saturated carbocycles.